The van der Waals surface area contributed by atoms with Crippen LogP contribution in [0.25, 0.3) is 11.5 Å². The standard InChI is InChI=1S/C10H12N4O/c1-2-6-12-10-13-9(14-15-10)8-5-3-4-7-11-8/h3-5,7H,2,6H2,1H3,(H,12,13,14). The number of nitrogens with zero attached hydrogens (tertiary/aromatic N) is 3. The molecule has 1 N–H and O–H groups in total. The molecule has 5 nitrogen and oxygen atoms in total. The molecule has 0 saturated heterocycles. The second kappa shape index (κ2) is 4.54. The van der Waals surface area contributed by atoms with Crippen LogP contribution in [0.3, 0.4) is 0 Å². The predicted octanol–water partition coefficient (Wildman–Crippen LogP) is 1.95. The highest BCUT2D eigenvalue weighted by Gasteiger charge is 2.07. The summed E-state index contributed by atoms with van der Waals surface area (Å²) in [5.41, 5.74) is 0.714. The van der Waals surface area contributed by atoms with E-state index in [-0.39, 0.29) is 0 Å². The second-order valence-corrected chi connectivity index (χ2v) is 3.06. The van der Waals surface area contributed by atoms with Gasteiger partial charge in [-0.05, 0) is 18.6 Å². The number of aromatic nitrogens is 3. The molecule has 0 atom stereocenters. The van der Waals surface area contributed by atoms with E-state index in [1.54, 1.807) is 6.20 Å². The molecule has 0 amide bonds. The molecule has 2 rings (SSSR count). The van der Waals surface area contributed by atoms with E-state index in [1.165, 1.54) is 0 Å². The first-order chi connectivity index (χ1) is 7.40. The summed E-state index contributed by atoms with van der Waals surface area (Å²) in [6, 6.07) is 6.02. The van der Waals surface area contributed by atoms with Crippen LogP contribution in [0.4, 0.5) is 6.01 Å². The number of anilines is 1. The van der Waals surface area contributed by atoms with Crippen molar-refractivity contribution in [2.45, 2.75) is 13.3 Å². The first-order valence-corrected chi connectivity index (χ1v) is 4.89. The van der Waals surface area contributed by atoms with Gasteiger partial charge in [0.15, 0.2) is 0 Å². The van der Waals surface area contributed by atoms with Crippen molar-refractivity contribution in [3.8, 4) is 11.5 Å². The minimum absolute atomic E-state index is 0.442. The fourth-order valence-electron chi connectivity index (χ4n) is 1.13. The van der Waals surface area contributed by atoms with Crippen LogP contribution in [0.5, 0.6) is 0 Å². The molecule has 0 bridgehead atoms. The quantitative estimate of drug-likeness (QED) is 0.824. The van der Waals surface area contributed by atoms with Gasteiger partial charge >= 0.3 is 6.01 Å². The summed E-state index contributed by atoms with van der Waals surface area (Å²) < 4.78 is 5.01. The lowest BCUT2D eigenvalue weighted by atomic mass is 10.3. The molecule has 0 aliphatic rings. The van der Waals surface area contributed by atoms with E-state index in [9.17, 15) is 0 Å². The average molecular weight is 204 g/mol. The molecule has 5 heteroatoms. The third-order valence-corrected chi connectivity index (χ3v) is 1.85. The third-order valence-electron chi connectivity index (χ3n) is 1.85. The third kappa shape index (κ3) is 2.31. The molecule has 0 spiro atoms. The van der Waals surface area contributed by atoms with Crippen molar-refractivity contribution < 1.29 is 4.52 Å². The van der Waals surface area contributed by atoms with E-state index in [2.05, 4.69) is 27.4 Å². The highest BCUT2D eigenvalue weighted by molar-refractivity contribution is 5.49. The van der Waals surface area contributed by atoms with Crippen LogP contribution in [0.1, 0.15) is 13.3 Å². The molecule has 0 fully saturated rings. The Bertz CT molecular complexity index is 412. The molecule has 15 heavy (non-hydrogen) atoms. The van der Waals surface area contributed by atoms with Crippen molar-refractivity contribution in [2.24, 2.45) is 0 Å². The maximum Gasteiger partial charge on any atom is 0.321 e. The summed E-state index contributed by atoms with van der Waals surface area (Å²) >= 11 is 0. The normalized spacial score (nSPS) is 10.2. The van der Waals surface area contributed by atoms with Crippen molar-refractivity contribution in [1.82, 2.24) is 15.1 Å². The van der Waals surface area contributed by atoms with Gasteiger partial charge in [-0.15, -0.1) is 0 Å². The molecular formula is C10H12N4O. The molecule has 78 valence electrons. The zero-order chi connectivity index (χ0) is 10.5. The van der Waals surface area contributed by atoms with Gasteiger partial charge in [-0.2, -0.15) is 4.98 Å². The Morgan fingerprint density at radius 2 is 2.33 bits per heavy atom. The van der Waals surface area contributed by atoms with E-state index in [4.69, 9.17) is 4.52 Å². The number of nitrogens with one attached hydrogen (secondary N) is 1. The summed E-state index contributed by atoms with van der Waals surface area (Å²) in [4.78, 5) is 8.30. The van der Waals surface area contributed by atoms with Crippen LogP contribution in [-0.2, 0) is 0 Å². The van der Waals surface area contributed by atoms with Gasteiger partial charge in [0.05, 0.1) is 0 Å². The minimum Gasteiger partial charge on any atom is -0.338 e. The second-order valence-electron chi connectivity index (χ2n) is 3.06. The van der Waals surface area contributed by atoms with Crippen molar-refractivity contribution in [2.75, 3.05) is 11.9 Å². The number of rotatable bonds is 4. The summed E-state index contributed by atoms with van der Waals surface area (Å²) in [6.45, 7) is 2.90. The van der Waals surface area contributed by atoms with Crippen molar-refractivity contribution >= 4 is 6.01 Å². The van der Waals surface area contributed by atoms with Crippen LogP contribution in [0.2, 0.25) is 0 Å². The molecule has 0 radical (unpaired) electrons. The topological polar surface area (TPSA) is 63.8 Å². The number of hydrogen-bond donors (Lipinski definition) is 1. The highest BCUT2D eigenvalue weighted by atomic mass is 16.5. The number of pyridine rings is 1. The Morgan fingerprint density at radius 1 is 1.40 bits per heavy atom. The Balaban J connectivity index is 2.14. The zero-order valence-corrected chi connectivity index (χ0v) is 8.47. The Morgan fingerprint density at radius 3 is 3.07 bits per heavy atom. The Hall–Kier alpha value is -1.91. The largest absolute Gasteiger partial charge is 0.338 e. The summed E-state index contributed by atoms with van der Waals surface area (Å²) in [5, 5.41) is 6.84. The summed E-state index contributed by atoms with van der Waals surface area (Å²) in [7, 11) is 0. The predicted molar refractivity (Wildman–Crippen MR) is 56.3 cm³/mol. The lowest BCUT2D eigenvalue weighted by molar-refractivity contribution is 0.432. The van der Waals surface area contributed by atoms with Crippen LogP contribution >= 0.6 is 0 Å². The van der Waals surface area contributed by atoms with Crippen LogP contribution in [0, 0.1) is 0 Å². The van der Waals surface area contributed by atoms with E-state index in [0.717, 1.165) is 13.0 Å². The fourth-order valence-corrected chi connectivity index (χ4v) is 1.13. The van der Waals surface area contributed by atoms with Crippen LogP contribution in [-0.4, -0.2) is 21.7 Å². The molecule has 0 aromatic carbocycles. The first kappa shape index (κ1) is 9.64. The molecule has 0 aliphatic heterocycles. The molecule has 2 heterocycles. The number of hydrogen-bond acceptors (Lipinski definition) is 5. The fraction of sp³-hybridized carbons (Fsp3) is 0.300. The zero-order valence-electron chi connectivity index (χ0n) is 8.47. The van der Waals surface area contributed by atoms with Gasteiger partial charge in [0.1, 0.15) is 5.69 Å². The van der Waals surface area contributed by atoms with Gasteiger partial charge < -0.3 is 9.84 Å². The molecule has 0 saturated carbocycles. The van der Waals surface area contributed by atoms with Gasteiger partial charge in [0.25, 0.3) is 0 Å². The van der Waals surface area contributed by atoms with E-state index in [0.29, 0.717) is 17.5 Å². The van der Waals surface area contributed by atoms with Crippen LogP contribution < -0.4 is 5.32 Å². The molecule has 0 unspecified atom stereocenters. The molecule has 2 aromatic rings. The van der Waals surface area contributed by atoms with Crippen LogP contribution in [0.15, 0.2) is 28.9 Å². The lowest BCUT2D eigenvalue weighted by Gasteiger charge is -1.94. The Kier molecular flexibility index (Phi) is 2.92. The minimum atomic E-state index is 0.442. The highest BCUT2D eigenvalue weighted by Crippen LogP contribution is 2.13. The smallest absolute Gasteiger partial charge is 0.321 e. The maximum atomic E-state index is 5.01. The van der Waals surface area contributed by atoms with E-state index in [1.807, 2.05) is 18.2 Å². The van der Waals surface area contributed by atoms with Crippen molar-refractivity contribution in [3.05, 3.63) is 24.4 Å². The van der Waals surface area contributed by atoms with E-state index < -0.39 is 0 Å². The van der Waals surface area contributed by atoms with Crippen molar-refractivity contribution in [1.29, 1.82) is 0 Å². The van der Waals surface area contributed by atoms with Crippen molar-refractivity contribution in [3.63, 3.8) is 0 Å². The maximum absolute atomic E-state index is 5.01. The van der Waals surface area contributed by atoms with Gasteiger partial charge in [-0.1, -0.05) is 18.1 Å². The first-order valence-electron chi connectivity index (χ1n) is 4.89. The monoisotopic (exact) mass is 204 g/mol. The molecular weight excluding hydrogens is 192 g/mol. The summed E-state index contributed by atoms with van der Waals surface area (Å²) in [5.74, 6) is 0.509. The van der Waals surface area contributed by atoms with Gasteiger partial charge in [0, 0.05) is 12.7 Å². The Labute approximate surface area is 87.5 Å². The van der Waals surface area contributed by atoms with Gasteiger partial charge in [0.2, 0.25) is 5.82 Å². The summed E-state index contributed by atoms with van der Waals surface area (Å²) in [6.07, 6.45) is 2.71. The molecule has 2 aromatic heterocycles. The molecule has 0 aliphatic carbocycles. The average Bonchev–Trinajstić information content (AvgIpc) is 2.76. The lowest BCUT2D eigenvalue weighted by Crippen LogP contribution is -1.99. The van der Waals surface area contributed by atoms with Gasteiger partial charge in [-0.3, -0.25) is 4.98 Å². The van der Waals surface area contributed by atoms with Gasteiger partial charge in [-0.25, -0.2) is 0 Å². The SMILES string of the molecule is CCCNc1nc(-c2ccccn2)no1. The van der Waals surface area contributed by atoms with E-state index >= 15 is 0 Å².